The predicted octanol–water partition coefficient (Wildman–Crippen LogP) is 2.14. The van der Waals surface area contributed by atoms with Crippen molar-refractivity contribution >= 4 is 39.0 Å². The summed E-state index contributed by atoms with van der Waals surface area (Å²) < 4.78 is 0.810. The Morgan fingerprint density at radius 2 is 2.15 bits per heavy atom. The molecule has 20 heavy (non-hydrogen) atoms. The van der Waals surface area contributed by atoms with E-state index in [1.807, 2.05) is 0 Å². The summed E-state index contributed by atoms with van der Waals surface area (Å²) in [6, 6.07) is 8.67. The van der Waals surface area contributed by atoms with Gasteiger partial charge in [-0.25, -0.2) is 4.98 Å². The van der Waals surface area contributed by atoms with E-state index in [4.69, 9.17) is 16.7 Å². The van der Waals surface area contributed by atoms with Gasteiger partial charge in [-0.3, -0.25) is 4.79 Å². The zero-order valence-electron chi connectivity index (χ0n) is 10.2. The van der Waals surface area contributed by atoms with Gasteiger partial charge >= 0.3 is 0 Å². The van der Waals surface area contributed by atoms with E-state index in [0.717, 1.165) is 4.47 Å². The van der Waals surface area contributed by atoms with Crippen molar-refractivity contribution in [1.29, 1.82) is 5.26 Å². The van der Waals surface area contributed by atoms with E-state index in [-0.39, 0.29) is 11.3 Å². The van der Waals surface area contributed by atoms with Gasteiger partial charge in [0.25, 0.3) is 5.91 Å². The Labute approximate surface area is 123 Å². The van der Waals surface area contributed by atoms with Crippen molar-refractivity contribution in [2.45, 2.75) is 0 Å². The molecule has 6 nitrogen and oxygen atoms in total. The molecule has 0 bridgehead atoms. The number of aromatic nitrogens is 1. The highest BCUT2D eigenvalue weighted by molar-refractivity contribution is 9.10. The second kappa shape index (κ2) is 5.59. The zero-order valence-corrected chi connectivity index (χ0v) is 11.8. The minimum absolute atomic E-state index is 0.177. The van der Waals surface area contributed by atoms with Crippen molar-refractivity contribution in [1.82, 2.24) is 4.98 Å². The summed E-state index contributed by atoms with van der Waals surface area (Å²) in [4.78, 5) is 15.3. The number of anilines is 3. The van der Waals surface area contributed by atoms with Crippen molar-refractivity contribution in [3.05, 3.63) is 46.1 Å². The lowest BCUT2D eigenvalue weighted by molar-refractivity contribution is 0.100. The highest BCUT2D eigenvalue weighted by Gasteiger charge is 2.09. The van der Waals surface area contributed by atoms with E-state index >= 15 is 0 Å². The minimum Gasteiger partial charge on any atom is -0.397 e. The Bertz CT molecular complexity index is 723. The summed E-state index contributed by atoms with van der Waals surface area (Å²) in [7, 11) is 0. The van der Waals surface area contributed by atoms with Crippen molar-refractivity contribution < 1.29 is 4.79 Å². The SMILES string of the molecule is N#Cc1ccc(Br)cc1Nc1cc(C(N)=O)c(N)cn1. The van der Waals surface area contributed by atoms with E-state index in [0.29, 0.717) is 17.1 Å². The van der Waals surface area contributed by atoms with Gasteiger partial charge in [0.05, 0.1) is 28.7 Å². The lowest BCUT2D eigenvalue weighted by atomic mass is 10.2. The van der Waals surface area contributed by atoms with Crippen LogP contribution in [-0.2, 0) is 0 Å². The van der Waals surface area contributed by atoms with Gasteiger partial charge < -0.3 is 16.8 Å². The topological polar surface area (TPSA) is 118 Å². The highest BCUT2D eigenvalue weighted by Crippen LogP contribution is 2.25. The molecule has 1 aromatic carbocycles. The first kappa shape index (κ1) is 13.8. The molecule has 2 aromatic rings. The van der Waals surface area contributed by atoms with Crippen LogP contribution in [0.25, 0.3) is 0 Å². The molecule has 0 aliphatic rings. The number of hydrogen-bond acceptors (Lipinski definition) is 5. The summed E-state index contributed by atoms with van der Waals surface area (Å²) in [6.07, 6.45) is 1.34. The van der Waals surface area contributed by atoms with Crippen LogP contribution in [0, 0.1) is 11.3 Å². The van der Waals surface area contributed by atoms with Crippen molar-refractivity contribution in [2.75, 3.05) is 11.1 Å². The number of nitrogens with zero attached hydrogens (tertiary/aromatic N) is 2. The molecule has 1 amide bonds. The van der Waals surface area contributed by atoms with Crippen molar-refractivity contribution in [2.24, 2.45) is 5.73 Å². The highest BCUT2D eigenvalue weighted by atomic mass is 79.9. The third kappa shape index (κ3) is 2.87. The van der Waals surface area contributed by atoms with Crippen LogP contribution in [0.4, 0.5) is 17.2 Å². The van der Waals surface area contributed by atoms with Crippen LogP contribution in [0.15, 0.2) is 34.9 Å². The van der Waals surface area contributed by atoms with Crippen molar-refractivity contribution in [3.8, 4) is 6.07 Å². The Morgan fingerprint density at radius 3 is 2.80 bits per heavy atom. The third-order valence-electron chi connectivity index (χ3n) is 2.57. The Morgan fingerprint density at radius 1 is 1.40 bits per heavy atom. The quantitative estimate of drug-likeness (QED) is 0.796. The molecule has 0 atom stereocenters. The first-order valence-corrected chi connectivity index (χ1v) is 6.32. The first-order chi connectivity index (χ1) is 9.51. The molecule has 0 aliphatic carbocycles. The molecule has 100 valence electrons. The fourth-order valence-corrected chi connectivity index (χ4v) is 1.96. The van der Waals surface area contributed by atoms with Gasteiger partial charge in [-0.15, -0.1) is 0 Å². The molecule has 1 heterocycles. The average Bonchev–Trinajstić information content (AvgIpc) is 2.41. The van der Waals surface area contributed by atoms with Gasteiger partial charge in [0.2, 0.25) is 0 Å². The molecule has 0 saturated heterocycles. The number of benzene rings is 1. The predicted molar refractivity (Wildman–Crippen MR) is 79.3 cm³/mol. The Kier molecular flexibility index (Phi) is 3.86. The monoisotopic (exact) mass is 331 g/mol. The standard InChI is InChI=1S/C13H10BrN5O/c14-8-2-1-7(5-15)11(3-8)19-12-4-9(13(17)20)10(16)6-18-12/h1-4,6H,16H2,(H2,17,20)(H,18,19). The molecule has 1 aromatic heterocycles. The number of nitrogens with one attached hydrogen (secondary N) is 1. The molecule has 0 fully saturated rings. The second-order valence-corrected chi connectivity index (χ2v) is 4.86. The Hall–Kier alpha value is -2.59. The molecule has 2 rings (SSSR count). The van der Waals surface area contributed by atoms with E-state index in [9.17, 15) is 4.79 Å². The number of nitrogens with two attached hydrogens (primary N) is 2. The van der Waals surface area contributed by atoms with Gasteiger partial charge in [-0.1, -0.05) is 15.9 Å². The molecule has 0 radical (unpaired) electrons. The van der Waals surface area contributed by atoms with Gasteiger partial charge in [0.15, 0.2) is 0 Å². The first-order valence-electron chi connectivity index (χ1n) is 5.53. The number of rotatable bonds is 3. The largest absolute Gasteiger partial charge is 0.397 e. The van der Waals surface area contributed by atoms with Gasteiger partial charge in [-0.2, -0.15) is 5.26 Å². The number of carbonyl (C=O) groups is 1. The molecule has 7 heteroatoms. The summed E-state index contributed by atoms with van der Waals surface area (Å²) in [5.41, 5.74) is 12.2. The molecule has 0 unspecified atom stereocenters. The van der Waals surface area contributed by atoms with Crippen LogP contribution in [0.3, 0.4) is 0 Å². The normalized spacial score (nSPS) is 9.80. The molecular weight excluding hydrogens is 322 g/mol. The summed E-state index contributed by atoms with van der Waals surface area (Å²) in [5.74, 6) is -0.259. The van der Waals surface area contributed by atoms with Gasteiger partial charge in [0, 0.05) is 4.47 Å². The summed E-state index contributed by atoms with van der Waals surface area (Å²) >= 11 is 3.32. The lowest BCUT2D eigenvalue weighted by Gasteiger charge is -2.09. The van der Waals surface area contributed by atoms with Crippen LogP contribution >= 0.6 is 15.9 Å². The number of hydrogen-bond donors (Lipinski definition) is 3. The van der Waals surface area contributed by atoms with Gasteiger partial charge in [0.1, 0.15) is 11.9 Å². The lowest BCUT2D eigenvalue weighted by Crippen LogP contribution is -2.14. The summed E-state index contributed by atoms with van der Waals surface area (Å²) in [5, 5.41) is 12.0. The molecule has 0 aliphatic heterocycles. The second-order valence-electron chi connectivity index (χ2n) is 3.95. The molecule has 0 saturated carbocycles. The number of primary amides is 1. The van der Waals surface area contributed by atoms with Crippen molar-refractivity contribution in [3.63, 3.8) is 0 Å². The molecule has 5 N–H and O–H groups in total. The maximum atomic E-state index is 11.2. The Balaban J connectivity index is 2.40. The fraction of sp³-hybridized carbons (Fsp3) is 0. The maximum absolute atomic E-state index is 11.2. The van der Waals surface area contributed by atoms with Crippen LogP contribution in [-0.4, -0.2) is 10.9 Å². The number of nitriles is 1. The van der Waals surface area contributed by atoms with E-state index in [2.05, 4.69) is 32.3 Å². The third-order valence-corrected chi connectivity index (χ3v) is 3.06. The smallest absolute Gasteiger partial charge is 0.250 e. The van der Waals surface area contributed by atoms with Crippen LogP contribution in [0.5, 0.6) is 0 Å². The number of pyridine rings is 1. The zero-order chi connectivity index (χ0) is 14.7. The number of amides is 1. The van der Waals surface area contributed by atoms with Crippen LogP contribution in [0.2, 0.25) is 0 Å². The van der Waals surface area contributed by atoms with E-state index in [1.165, 1.54) is 12.3 Å². The van der Waals surface area contributed by atoms with E-state index < -0.39 is 5.91 Å². The van der Waals surface area contributed by atoms with Crippen LogP contribution in [0.1, 0.15) is 15.9 Å². The summed E-state index contributed by atoms with van der Waals surface area (Å²) in [6.45, 7) is 0. The number of nitrogen functional groups attached to an aromatic ring is 1. The van der Waals surface area contributed by atoms with Crippen LogP contribution < -0.4 is 16.8 Å². The average molecular weight is 332 g/mol. The minimum atomic E-state index is -0.636. The number of carbonyl (C=O) groups excluding carboxylic acids is 1. The van der Waals surface area contributed by atoms with E-state index in [1.54, 1.807) is 18.2 Å². The maximum Gasteiger partial charge on any atom is 0.250 e. The fourth-order valence-electron chi connectivity index (χ4n) is 1.60. The van der Waals surface area contributed by atoms with Gasteiger partial charge in [-0.05, 0) is 24.3 Å². The molecule has 0 spiro atoms. The molecular formula is C13H10BrN5O. The number of halogens is 1.